The van der Waals surface area contributed by atoms with Gasteiger partial charge in [-0.2, -0.15) is 8.75 Å². The van der Waals surface area contributed by atoms with Crippen LogP contribution in [-0.2, 0) is 6.61 Å². The summed E-state index contributed by atoms with van der Waals surface area (Å²) in [5.74, 6) is 1.19. The Kier molecular flexibility index (Phi) is 4.34. The van der Waals surface area contributed by atoms with Crippen LogP contribution in [-0.4, -0.2) is 29.0 Å². The second-order valence-corrected chi connectivity index (χ2v) is 6.99. The summed E-state index contributed by atoms with van der Waals surface area (Å²) >= 11 is 1.23. The molecule has 2 aromatic heterocycles. The number of aromatic nitrogens is 6. The molecule has 8 heteroatoms. The van der Waals surface area contributed by atoms with E-state index in [1.807, 2.05) is 25.1 Å². The first-order chi connectivity index (χ1) is 12.6. The van der Waals surface area contributed by atoms with Crippen molar-refractivity contribution in [1.82, 2.24) is 29.0 Å². The van der Waals surface area contributed by atoms with Gasteiger partial charge in [0.15, 0.2) is 0 Å². The lowest BCUT2D eigenvalue weighted by molar-refractivity contribution is 0.301. The van der Waals surface area contributed by atoms with Crippen molar-refractivity contribution in [2.24, 2.45) is 0 Å². The number of hydrogen-bond acceptors (Lipinski definition) is 7. The normalized spacial score (nSPS) is 11.4. The third kappa shape index (κ3) is 3.15. The van der Waals surface area contributed by atoms with Gasteiger partial charge >= 0.3 is 0 Å². The highest BCUT2D eigenvalue weighted by atomic mass is 32.1. The number of hydrogen-bond donors (Lipinski definition) is 0. The van der Waals surface area contributed by atoms with Gasteiger partial charge in [-0.25, -0.2) is 4.68 Å². The zero-order valence-corrected chi connectivity index (χ0v) is 15.6. The zero-order valence-electron chi connectivity index (χ0n) is 14.7. The molecule has 0 aliphatic carbocycles. The number of fused-ring (bicyclic) bond motifs is 1. The molecular formula is C18H18N6OS. The van der Waals surface area contributed by atoms with E-state index in [9.17, 15) is 0 Å². The number of rotatable bonds is 5. The largest absolute Gasteiger partial charge is 0.489 e. The third-order valence-corrected chi connectivity index (χ3v) is 4.82. The van der Waals surface area contributed by atoms with Crippen LogP contribution in [0.3, 0.4) is 0 Å². The van der Waals surface area contributed by atoms with Crippen LogP contribution >= 0.6 is 11.7 Å². The molecule has 0 amide bonds. The molecule has 2 heterocycles. The Bertz CT molecular complexity index is 1040. The van der Waals surface area contributed by atoms with Crippen LogP contribution in [0.5, 0.6) is 5.75 Å². The highest BCUT2D eigenvalue weighted by Gasteiger charge is 2.14. The van der Waals surface area contributed by atoms with Gasteiger partial charge in [0.1, 0.15) is 29.7 Å². The van der Waals surface area contributed by atoms with Crippen LogP contribution in [0.25, 0.3) is 16.7 Å². The highest BCUT2D eigenvalue weighted by molar-refractivity contribution is 7.00. The molecule has 0 spiro atoms. The first kappa shape index (κ1) is 16.6. The van der Waals surface area contributed by atoms with E-state index >= 15 is 0 Å². The Labute approximate surface area is 155 Å². The van der Waals surface area contributed by atoms with Crippen molar-refractivity contribution in [3.8, 4) is 11.4 Å². The van der Waals surface area contributed by atoms with Crippen LogP contribution in [0.4, 0.5) is 0 Å². The fourth-order valence-electron chi connectivity index (χ4n) is 2.86. The number of aryl methyl sites for hydroxylation is 1. The molecule has 0 radical (unpaired) electrons. The molecule has 0 unspecified atom stereocenters. The maximum Gasteiger partial charge on any atom is 0.143 e. The molecule has 132 valence electrons. The predicted molar refractivity (Wildman–Crippen MR) is 99.7 cm³/mol. The monoisotopic (exact) mass is 366 g/mol. The van der Waals surface area contributed by atoms with Gasteiger partial charge in [-0.15, -0.1) is 5.10 Å². The Morgan fingerprint density at radius 2 is 1.96 bits per heavy atom. The SMILES string of the molecule is Cc1cc(OCc2ccc3nsnc3c2)c(C(C)C)cc1-n1cnnn1. The Hall–Kier alpha value is -2.87. The molecule has 0 aliphatic heterocycles. The first-order valence-corrected chi connectivity index (χ1v) is 9.07. The average molecular weight is 366 g/mol. The summed E-state index contributed by atoms with van der Waals surface area (Å²) in [6.45, 7) is 6.81. The molecular weight excluding hydrogens is 348 g/mol. The van der Waals surface area contributed by atoms with Gasteiger partial charge in [0.25, 0.3) is 0 Å². The molecule has 4 rings (SSSR count). The van der Waals surface area contributed by atoms with Crippen molar-refractivity contribution >= 4 is 22.8 Å². The Morgan fingerprint density at radius 1 is 1.12 bits per heavy atom. The van der Waals surface area contributed by atoms with Gasteiger partial charge in [-0.05, 0) is 64.2 Å². The summed E-state index contributed by atoms with van der Waals surface area (Å²) in [5, 5.41) is 11.4. The van der Waals surface area contributed by atoms with E-state index in [-0.39, 0.29) is 0 Å². The number of ether oxygens (including phenoxy) is 1. The minimum absolute atomic E-state index is 0.311. The molecule has 0 saturated heterocycles. The maximum absolute atomic E-state index is 6.16. The predicted octanol–water partition coefficient (Wildman–Crippen LogP) is 3.68. The zero-order chi connectivity index (χ0) is 18.1. The molecule has 0 fully saturated rings. The molecule has 0 saturated carbocycles. The fraction of sp³-hybridized carbons (Fsp3) is 0.278. The molecule has 0 bridgehead atoms. The van der Waals surface area contributed by atoms with Crippen LogP contribution < -0.4 is 4.74 Å². The lowest BCUT2D eigenvalue weighted by atomic mass is 9.99. The van der Waals surface area contributed by atoms with Gasteiger partial charge in [0.2, 0.25) is 0 Å². The van der Waals surface area contributed by atoms with Crippen LogP contribution in [0.2, 0.25) is 0 Å². The van der Waals surface area contributed by atoms with E-state index in [1.165, 1.54) is 11.7 Å². The van der Waals surface area contributed by atoms with Crippen LogP contribution in [0.15, 0.2) is 36.7 Å². The van der Waals surface area contributed by atoms with Gasteiger partial charge in [0.05, 0.1) is 17.4 Å². The summed E-state index contributed by atoms with van der Waals surface area (Å²) in [6, 6.07) is 10.2. The smallest absolute Gasteiger partial charge is 0.143 e. The summed E-state index contributed by atoms with van der Waals surface area (Å²) in [5.41, 5.74) is 6.03. The lowest BCUT2D eigenvalue weighted by Crippen LogP contribution is -2.05. The quantitative estimate of drug-likeness (QED) is 0.536. The minimum Gasteiger partial charge on any atom is -0.489 e. The maximum atomic E-state index is 6.16. The van der Waals surface area contributed by atoms with Crippen molar-refractivity contribution in [2.45, 2.75) is 33.3 Å². The lowest BCUT2D eigenvalue weighted by Gasteiger charge is -2.17. The van der Waals surface area contributed by atoms with Gasteiger partial charge in [-0.3, -0.25) is 0 Å². The van der Waals surface area contributed by atoms with Crippen LogP contribution in [0.1, 0.15) is 36.5 Å². The Morgan fingerprint density at radius 3 is 2.73 bits per heavy atom. The van der Waals surface area contributed by atoms with Gasteiger partial charge < -0.3 is 4.74 Å². The standard InChI is InChI=1S/C18H18N6OS/c1-11(2)14-8-17(24-10-19-22-23-24)12(3)6-18(14)25-9-13-4-5-15-16(7-13)21-26-20-15/h4-8,10-11H,9H2,1-3H3. The molecule has 0 aliphatic rings. The minimum atomic E-state index is 0.311. The summed E-state index contributed by atoms with van der Waals surface area (Å²) in [4.78, 5) is 0. The third-order valence-electron chi connectivity index (χ3n) is 4.26. The van der Waals surface area contributed by atoms with Crippen molar-refractivity contribution in [3.63, 3.8) is 0 Å². The van der Waals surface area contributed by atoms with Gasteiger partial charge in [-0.1, -0.05) is 19.9 Å². The first-order valence-electron chi connectivity index (χ1n) is 8.33. The number of benzene rings is 2. The number of tetrazole rings is 1. The summed E-state index contributed by atoms with van der Waals surface area (Å²) in [7, 11) is 0. The summed E-state index contributed by atoms with van der Waals surface area (Å²) < 4.78 is 16.4. The van der Waals surface area contributed by atoms with Crippen LogP contribution in [0, 0.1) is 6.92 Å². The average Bonchev–Trinajstić information content (AvgIpc) is 3.30. The highest BCUT2D eigenvalue weighted by Crippen LogP contribution is 2.32. The van der Waals surface area contributed by atoms with Crippen molar-refractivity contribution < 1.29 is 4.74 Å². The van der Waals surface area contributed by atoms with E-state index in [4.69, 9.17) is 4.74 Å². The van der Waals surface area contributed by atoms with E-state index in [1.54, 1.807) is 11.0 Å². The van der Waals surface area contributed by atoms with E-state index < -0.39 is 0 Å². The Balaban J connectivity index is 1.63. The molecule has 0 atom stereocenters. The van der Waals surface area contributed by atoms with Crippen molar-refractivity contribution in [3.05, 3.63) is 53.3 Å². The molecule has 0 N–H and O–H groups in total. The molecule has 2 aromatic carbocycles. The second-order valence-electron chi connectivity index (χ2n) is 6.46. The fourth-order valence-corrected chi connectivity index (χ4v) is 3.38. The topological polar surface area (TPSA) is 78.6 Å². The molecule has 26 heavy (non-hydrogen) atoms. The second kappa shape index (κ2) is 6.80. The van der Waals surface area contributed by atoms with Gasteiger partial charge in [0, 0.05) is 0 Å². The van der Waals surface area contributed by atoms with Crippen molar-refractivity contribution in [2.75, 3.05) is 0 Å². The van der Waals surface area contributed by atoms with E-state index in [2.05, 4.69) is 50.3 Å². The van der Waals surface area contributed by atoms with E-state index in [0.29, 0.717) is 12.5 Å². The molecule has 4 aromatic rings. The summed E-state index contributed by atoms with van der Waals surface area (Å²) in [6.07, 6.45) is 1.60. The number of nitrogens with zero attached hydrogens (tertiary/aromatic N) is 6. The van der Waals surface area contributed by atoms with Crippen molar-refractivity contribution in [1.29, 1.82) is 0 Å². The van der Waals surface area contributed by atoms with E-state index in [0.717, 1.165) is 39.2 Å². The molecule has 7 nitrogen and oxygen atoms in total.